The molecule has 0 radical (unpaired) electrons. The molecule has 2 N–H and O–H groups in total. The maximum atomic E-state index is 13.0. The first kappa shape index (κ1) is 11.6. The highest BCUT2D eigenvalue weighted by Gasteiger charge is 2.28. The molecule has 4 nitrogen and oxygen atoms in total. The summed E-state index contributed by atoms with van der Waals surface area (Å²) in [6.07, 6.45) is 0.195. The molecule has 0 aromatic heterocycles. The number of nitrogens with one attached hydrogen (secondary N) is 2. The second-order valence-electron chi connectivity index (χ2n) is 4.15. The molecule has 0 bridgehead atoms. The highest BCUT2D eigenvalue weighted by atomic mass is 19.1. The van der Waals surface area contributed by atoms with Crippen molar-refractivity contribution in [1.29, 1.82) is 0 Å². The zero-order chi connectivity index (χ0) is 12.4. The molecule has 1 aliphatic rings. The predicted molar refractivity (Wildman–Crippen MR) is 60.9 cm³/mol. The Morgan fingerprint density at radius 1 is 1.53 bits per heavy atom. The maximum absolute atomic E-state index is 13.0. The molecule has 1 atom stereocenters. The number of rotatable bonds is 2. The molecule has 1 aromatic carbocycles. The van der Waals surface area contributed by atoms with Crippen molar-refractivity contribution in [1.82, 2.24) is 5.32 Å². The number of carbonyl (C=O) groups is 2. The van der Waals surface area contributed by atoms with Crippen molar-refractivity contribution in [3.63, 3.8) is 0 Å². The minimum Gasteiger partial charge on any atom is -0.355 e. The Hall–Kier alpha value is -1.91. The van der Waals surface area contributed by atoms with Gasteiger partial charge in [-0.1, -0.05) is 6.07 Å². The van der Waals surface area contributed by atoms with E-state index in [4.69, 9.17) is 0 Å². The lowest BCUT2D eigenvalue weighted by molar-refractivity contribution is -0.123. The van der Waals surface area contributed by atoms with Gasteiger partial charge in [0.2, 0.25) is 11.8 Å². The molecule has 2 rings (SSSR count). The Bertz CT molecular complexity index is 474. The van der Waals surface area contributed by atoms with Crippen LogP contribution in [0.25, 0.3) is 0 Å². The summed E-state index contributed by atoms with van der Waals surface area (Å²) >= 11 is 0. The van der Waals surface area contributed by atoms with Gasteiger partial charge in [-0.25, -0.2) is 4.39 Å². The molecule has 0 spiro atoms. The number of anilines is 1. The third kappa shape index (κ3) is 2.61. The molecule has 17 heavy (non-hydrogen) atoms. The van der Waals surface area contributed by atoms with E-state index in [-0.39, 0.29) is 24.2 Å². The van der Waals surface area contributed by atoms with Gasteiger partial charge in [0, 0.05) is 18.7 Å². The SMILES string of the molecule is Cc1ccc(F)cc1NC(=O)C1CNC(=O)C1. The van der Waals surface area contributed by atoms with Crippen molar-refractivity contribution < 1.29 is 14.0 Å². The average Bonchev–Trinajstić information content (AvgIpc) is 2.70. The minimum absolute atomic E-state index is 0.124. The highest BCUT2D eigenvalue weighted by Crippen LogP contribution is 2.18. The van der Waals surface area contributed by atoms with Crippen LogP contribution in [0.3, 0.4) is 0 Å². The van der Waals surface area contributed by atoms with Crippen LogP contribution in [-0.2, 0) is 9.59 Å². The normalized spacial score (nSPS) is 18.9. The van der Waals surface area contributed by atoms with Crippen molar-refractivity contribution in [3.8, 4) is 0 Å². The van der Waals surface area contributed by atoms with E-state index in [9.17, 15) is 14.0 Å². The van der Waals surface area contributed by atoms with Gasteiger partial charge < -0.3 is 10.6 Å². The Kier molecular flexibility index (Phi) is 3.08. The van der Waals surface area contributed by atoms with E-state index < -0.39 is 5.82 Å². The smallest absolute Gasteiger partial charge is 0.229 e. The van der Waals surface area contributed by atoms with E-state index >= 15 is 0 Å². The largest absolute Gasteiger partial charge is 0.355 e. The minimum atomic E-state index is -0.397. The van der Waals surface area contributed by atoms with Crippen LogP contribution in [0.2, 0.25) is 0 Å². The van der Waals surface area contributed by atoms with Gasteiger partial charge in [0.05, 0.1) is 5.92 Å². The molecule has 0 aliphatic carbocycles. The fourth-order valence-electron chi connectivity index (χ4n) is 1.75. The summed E-state index contributed by atoms with van der Waals surface area (Å²) in [5.74, 6) is -1.14. The maximum Gasteiger partial charge on any atom is 0.229 e. The van der Waals surface area contributed by atoms with Crippen molar-refractivity contribution in [2.45, 2.75) is 13.3 Å². The highest BCUT2D eigenvalue weighted by molar-refractivity contribution is 5.97. The third-order valence-corrected chi connectivity index (χ3v) is 2.81. The molecule has 90 valence electrons. The number of carbonyl (C=O) groups excluding carboxylic acids is 2. The summed E-state index contributed by atoms with van der Waals surface area (Å²) in [4.78, 5) is 22.8. The van der Waals surface area contributed by atoms with Crippen molar-refractivity contribution >= 4 is 17.5 Å². The predicted octanol–water partition coefficient (Wildman–Crippen LogP) is 1.21. The molecule has 1 heterocycles. The number of hydrogen-bond donors (Lipinski definition) is 2. The number of halogens is 1. The fourth-order valence-corrected chi connectivity index (χ4v) is 1.75. The number of amides is 2. The summed E-state index contributed by atoms with van der Waals surface area (Å²) < 4.78 is 13.0. The van der Waals surface area contributed by atoms with Crippen LogP contribution in [0.15, 0.2) is 18.2 Å². The zero-order valence-corrected chi connectivity index (χ0v) is 9.42. The van der Waals surface area contributed by atoms with E-state index in [0.717, 1.165) is 5.56 Å². The van der Waals surface area contributed by atoms with Gasteiger partial charge in [-0.15, -0.1) is 0 Å². The van der Waals surface area contributed by atoms with Crippen LogP contribution in [0.4, 0.5) is 10.1 Å². The average molecular weight is 236 g/mol. The van der Waals surface area contributed by atoms with Gasteiger partial charge in [-0.3, -0.25) is 9.59 Å². The van der Waals surface area contributed by atoms with E-state index in [1.807, 2.05) is 0 Å². The van der Waals surface area contributed by atoms with Crippen LogP contribution in [0.1, 0.15) is 12.0 Å². The van der Waals surface area contributed by atoms with Crippen LogP contribution in [-0.4, -0.2) is 18.4 Å². The van der Waals surface area contributed by atoms with Gasteiger partial charge in [0.1, 0.15) is 5.82 Å². The van der Waals surface area contributed by atoms with Crippen molar-refractivity contribution in [2.24, 2.45) is 5.92 Å². The Labute approximate surface area is 98.2 Å². The number of benzene rings is 1. The Balaban J connectivity index is 2.07. The van der Waals surface area contributed by atoms with Crippen LogP contribution < -0.4 is 10.6 Å². The second kappa shape index (κ2) is 4.53. The Morgan fingerprint density at radius 3 is 2.94 bits per heavy atom. The third-order valence-electron chi connectivity index (χ3n) is 2.81. The molecule has 0 saturated carbocycles. The molecule has 1 aliphatic heterocycles. The molecular weight excluding hydrogens is 223 g/mol. The first-order valence-electron chi connectivity index (χ1n) is 5.40. The Morgan fingerprint density at radius 2 is 2.29 bits per heavy atom. The molecule has 1 aromatic rings. The summed E-state index contributed by atoms with van der Waals surface area (Å²) in [5, 5.41) is 5.23. The monoisotopic (exact) mass is 236 g/mol. The molecule has 2 amide bonds. The lowest BCUT2D eigenvalue weighted by Crippen LogP contribution is -2.25. The van der Waals surface area contributed by atoms with Gasteiger partial charge in [-0.05, 0) is 24.6 Å². The molecule has 1 saturated heterocycles. The zero-order valence-electron chi connectivity index (χ0n) is 9.42. The van der Waals surface area contributed by atoms with Gasteiger partial charge in [0.15, 0.2) is 0 Å². The van der Waals surface area contributed by atoms with Gasteiger partial charge >= 0.3 is 0 Å². The molecular formula is C12H13FN2O2. The second-order valence-corrected chi connectivity index (χ2v) is 4.15. The lowest BCUT2D eigenvalue weighted by Gasteiger charge is -2.11. The van der Waals surface area contributed by atoms with Gasteiger partial charge in [0.25, 0.3) is 0 Å². The van der Waals surface area contributed by atoms with Crippen molar-refractivity contribution in [2.75, 3.05) is 11.9 Å². The number of hydrogen-bond acceptors (Lipinski definition) is 2. The van der Waals surface area contributed by atoms with E-state index in [1.54, 1.807) is 13.0 Å². The standard InChI is InChI=1S/C12H13FN2O2/c1-7-2-3-9(13)5-10(7)15-12(17)8-4-11(16)14-6-8/h2-3,5,8H,4,6H2,1H3,(H,14,16)(H,15,17). The summed E-state index contributed by atoms with van der Waals surface area (Å²) in [6.45, 7) is 2.13. The van der Waals surface area contributed by atoms with Gasteiger partial charge in [-0.2, -0.15) is 0 Å². The molecule has 5 heteroatoms. The molecule has 1 fully saturated rings. The first-order valence-corrected chi connectivity index (χ1v) is 5.40. The van der Waals surface area contributed by atoms with Crippen LogP contribution >= 0.6 is 0 Å². The first-order chi connectivity index (χ1) is 8.06. The van der Waals surface area contributed by atoms with E-state index in [1.165, 1.54) is 12.1 Å². The summed E-state index contributed by atoms with van der Waals surface area (Å²) in [6, 6.07) is 4.21. The van der Waals surface area contributed by atoms with Crippen molar-refractivity contribution in [3.05, 3.63) is 29.6 Å². The van der Waals surface area contributed by atoms with Crippen LogP contribution in [0.5, 0.6) is 0 Å². The number of aryl methyl sites for hydroxylation is 1. The fraction of sp³-hybridized carbons (Fsp3) is 0.333. The topological polar surface area (TPSA) is 58.2 Å². The summed E-state index contributed by atoms with van der Waals surface area (Å²) in [7, 11) is 0. The molecule has 1 unspecified atom stereocenters. The quantitative estimate of drug-likeness (QED) is 0.810. The summed E-state index contributed by atoms with van der Waals surface area (Å²) in [5.41, 5.74) is 1.24. The van der Waals surface area contributed by atoms with E-state index in [2.05, 4.69) is 10.6 Å². The van der Waals surface area contributed by atoms with Crippen LogP contribution in [0, 0.1) is 18.7 Å². The van der Waals surface area contributed by atoms with E-state index in [0.29, 0.717) is 12.2 Å². The lowest BCUT2D eigenvalue weighted by atomic mass is 10.1.